The fraction of sp³-hybridized carbons (Fsp3) is 0.462. The summed E-state index contributed by atoms with van der Waals surface area (Å²) in [5, 5.41) is 33.5. The molecule has 2 unspecified atom stereocenters. The Morgan fingerprint density at radius 3 is 1.75 bits per heavy atom. The molecule has 0 aliphatic rings. The molecule has 0 aromatic heterocycles. The van der Waals surface area contributed by atoms with Crippen LogP contribution in [0.25, 0.3) is 0 Å². The standard InChI is InChI=1S/C18H18O5.2C4H9.Sn/c19-16(20)15(11-13-7-3-1-4-8-13)18(23,17(21)22)12-14-9-5-2-6-10-14;2*1-3-4-2;/h1-10,15,23H,11-12H2,(H,19,20)(H,21,22);2*1,3-4H2,2H3;/q;;;+2/p-2. The predicted molar refractivity (Wildman–Crippen MR) is 124 cm³/mol. The molecule has 0 bridgehead atoms. The number of carboxylic acid groups (broad SMARTS) is 2. The molecular formula is C26H34O5Sn. The average molecular weight is 545 g/mol. The van der Waals surface area contributed by atoms with E-state index in [9.17, 15) is 24.9 Å². The summed E-state index contributed by atoms with van der Waals surface area (Å²) >= 11 is 0.149. The normalized spacial score (nSPS) is 13.1. The first kappa shape index (κ1) is 28.2. The molecule has 0 aliphatic carbocycles. The third-order valence-corrected chi connectivity index (χ3v) is 9.26. The van der Waals surface area contributed by atoms with E-state index in [4.69, 9.17) is 0 Å². The third kappa shape index (κ3) is 10.2. The van der Waals surface area contributed by atoms with Crippen molar-refractivity contribution in [3.05, 3.63) is 71.8 Å². The molecular weight excluding hydrogens is 511 g/mol. The number of hydrogen-bond acceptors (Lipinski definition) is 5. The maximum atomic E-state index is 11.5. The molecule has 1 N–H and O–H groups in total. The molecule has 0 radical (unpaired) electrons. The van der Waals surface area contributed by atoms with E-state index in [-0.39, 0.29) is 34.0 Å². The summed E-state index contributed by atoms with van der Waals surface area (Å²) in [5.74, 6) is -5.09. The van der Waals surface area contributed by atoms with Crippen molar-refractivity contribution >= 4 is 33.1 Å². The Hall–Kier alpha value is -1.86. The molecule has 2 aromatic rings. The minimum absolute atomic E-state index is 0.149. The molecule has 0 fully saturated rings. The molecule has 2 rings (SSSR count). The van der Waals surface area contributed by atoms with Gasteiger partial charge >= 0.3 is 69.5 Å². The maximum absolute atomic E-state index is 11.5. The molecule has 32 heavy (non-hydrogen) atoms. The molecule has 0 amide bonds. The van der Waals surface area contributed by atoms with Crippen LogP contribution in [0.5, 0.6) is 0 Å². The summed E-state index contributed by atoms with van der Waals surface area (Å²) in [6.45, 7) is 4.58. The molecule has 6 heteroatoms. The van der Waals surface area contributed by atoms with Gasteiger partial charge in [-0.1, -0.05) is 60.7 Å². The molecule has 2 aromatic carbocycles. The first-order valence-corrected chi connectivity index (χ1v) is 15.3. The van der Waals surface area contributed by atoms with Gasteiger partial charge in [0.05, 0.1) is 5.97 Å². The van der Waals surface area contributed by atoms with E-state index in [0.717, 1.165) is 0 Å². The number of rotatable bonds is 13. The van der Waals surface area contributed by atoms with Crippen LogP contribution in [0.15, 0.2) is 60.7 Å². The number of carbonyl (C=O) groups is 2. The zero-order valence-electron chi connectivity index (χ0n) is 19.1. The fourth-order valence-corrected chi connectivity index (χ4v) is 7.43. The number of hydrogen-bond donors (Lipinski definition) is 1. The van der Waals surface area contributed by atoms with E-state index in [1.54, 1.807) is 69.5 Å². The Kier molecular flexibility index (Phi) is 14.0. The van der Waals surface area contributed by atoms with E-state index in [1.165, 1.54) is 25.7 Å². The summed E-state index contributed by atoms with van der Waals surface area (Å²) in [4.78, 5) is 23.0. The third-order valence-electron chi connectivity index (χ3n) is 5.23. The number of benzene rings is 2. The van der Waals surface area contributed by atoms with Gasteiger partial charge in [-0.25, -0.2) is 0 Å². The van der Waals surface area contributed by atoms with E-state index >= 15 is 0 Å². The Morgan fingerprint density at radius 1 is 0.875 bits per heavy atom. The van der Waals surface area contributed by atoms with Crippen molar-refractivity contribution in [3.63, 3.8) is 0 Å². The van der Waals surface area contributed by atoms with Crippen molar-refractivity contribution in [2.45, 2.75) is 66.8 Å². The minimum Gasteiger partial charge on any atom is -0.550 e. The number of unbranched alkanes of at least 4 members (excludes halogenated alkanes) is 2. The number of aliphatic hydroxyl groups is 1. The van der Waals surface area contributed by atoms with Crippen LogP contribution in [0.2, 0.25) is 8.87 Å². The fourth-order valence-electron chi connectivity index (χ4n) is 3.27. The van der Waals surface area contributed by atoms with Crippen LogP contribution in [-0.4, -0.2) is 43.8 Å². The van der Waals surface area contributed by atoms with Gasteiger partial charge in [-0.15, -0.1) is 0 Å². The molecule has 2 atom stereocenters. The molecule has 5 nitrogen and oxygen atoms in total. The quantitative estimate of drug-likeness (QED) is 0.308. The zero-order chi connectivity index (χ0) is 23.8. The molecule has 172 valence electrons. The second kappa shape index (κ2) is 15.9. The van der Waals surface area contributed by atoms with Crippen LogP contribution in [0.4, 0.5) is 0 Å². The maximum Gasteiger partial charge on any atom is 0.116 e. The van der Waals surface area contributed by atoms with Gasteiger partial charge in [0.1, 0.15) is 5.60 Å². The summed E-state index contributed by atoms with van der Waals surface area (Å²) in [6, 6.07) is 16.8. The van der Waals surface area contributed by atoms with Gasteiger partial charge < -0.3 is 24.9 Å². The Bertz CT molecular complexity index is 775. The van der Waals surface area contributed by atoms with E-state index < -0.39 is 23.5 Å². The first-order valence-electron chi connectivity index (χ1n) is 11.3. The largest absolute Gasteiger partial charge is 0.550 e. The SMILES string of the molecule is CCC[CH2][Sn+2][CH2]CCC.O=C([O-])C(Cc1ccccc1)C(O)(Cc1ccccc1)C(=O)[O-]. The zero-order valence-corrected chi connectivity index (χ0v) is 21.9. The predicted octanol–water partition coefficient (Wildman–Crippen LogP) is 2.45. The van der Waals surface area contributed by atoms with E-state index in [0.29, 0.717) is 11.1 Å². The van der Waals surface area contributed by atoms with Crippen molar-refractivity contribution in [1.29, 1.82) is 0 Å². The summed E-state index contributed by atoms with van der Waals surface area (Å²) in [6.07, 6.45) is 5.30. The van der Waals surface area contributed by atoms with Crippen LogP contribution in [0.1, 0.15) is 50.7 Å². The number of carboxylic acids is 2. The van der Waals surface area contributed by atoms with E-state index in [1.807, 2.05) is 0 Å². The van der Waals surface area contributed by atoms with Crippen LogP contribution in [-0.2, 0) is 22.4 Å². The van der Waals surface area contributed by atoms with Crippen LogP contribution in [0, 0.1) is 5.92 Å². The molecule has 0 saturated heterocycles. The van der Waals surface area contributed by atoms with Crippen molar-refractivity contribution < 1.29 is 24.9 Å². The van der Waals surface area contributed by atoms with Crippen molar-refractivity contribution in [2.75, 3.05) is 0 Å². The smallest absolute Gasteiger partial charge is 0.116 e. The monoisotopic (exact) mass is 546 g/mol. The Morgan fingerprint density at radius 2 is 1.34 bits per heavy atom. The topological polar surface area (TPSA) is 100 Å². The van der Waals surface area contributed by atoms with Gasteiger partial charge in [-0.2, -0.15) is 0 Å². The number of aliphatic carboxylic acids is 2. The van der Waals surface area contributed by atoms with Crippen molar-refractivity contribution in [3.8, 4) is 0 Å². The summed E-state index contributed by atoms with van der Waals surface area (Å²) < 4.78 is 3.25. The minimum atomic E-state index is -2.56. The average Bonchev–Trinajstić information content (AvgIpc) is 2.79. The molecule has 0 heterocycles. The molecule has 0 spiro atoms. The second-order valence-electron chi connectivity index (χ2n) is 7.89. The van der Waals surface area contributed by atoms with Crippen molar-refractivity contribution in [1.82, 2.24) is 0 Å². The summed E-state index contributed by atoms with van der Waals surface area (Å²) in [7, 11) is 0. The van der Waals surface area contributed by atoms with Crippen LogP contribution in [0.3, 0.4) is 0 Å². The number of carbonyl (C=O) groups excluding carboxylic acids is 2. The van der Waals surface area contributed by atoms with E-state index in [2.05, 4.69) is 13.8 Å². The Balaban J connectivity index is 0.000000482. The molecule has 0 aliphatic heterocycles. The Labute approximate surface area is 202 Å². The van der Waals surface area contributed by atoms with Crippen LogP contribution >= 0.6 is 0 Å². The summed E-state index contributed by atoms with van der Waals surface area (Å²) in [5.41, 5.74) is -1.47. The van der Waals surface area contributed by atoms with Crippen LogP contribution < -0.4 is 10.2 Å². The van der Waals surface area contributed by atoms with Crippen molar-refractivity contribution in [2.24, 2.45) is 5.92 Å². The van der Waals surface area contributed by atoms with Gasteiger partial charge in [0.25, 0.3) is 0 Å². The second-order valence-corrected chi connectivity index (χ2v) is 12.2. The van der Waals surface area contributed by atoms with Gasteiger partial charge in [0.2, 0.25) is 0 Å². The van der Waals surface area contributed by atoms with Gasteiger partial charge in [0.15, 0.2) is 0 Å². The van der Waals surface area contributed by atoms with Gasteiger partial charge in [-0.3, -0.25) is 0 Å². The van der Waals surface area contributed by atoms with Gasteiger partial charge in [-0.05, 0) is 17.5 Å². The molecule has 0 saturated carbocycles. The van der Waals surface area contributed by atoms with Gasteiger partial charge in [0, 0.05) is 18.3 Å². The first-order chi connectivity index (χ1) is 15.3.